The van der Waals surface area contributed by atoms with Gasteiger partial charge >= 0.3 is 0 Å². The maximum Gasteiger partial charge on any atom is 0.192 e. The van der Waals surface area contributed by atoms with Crippen LogP contribution in [0.4, 0.5) is 5.13 Å². The van der Waals surface area contributed by atoms with Gasteiger partial charge in [-0.1, -0.05) is 0 Å². The van der Waals surface area contributed by atoms with Crippen molar-refractivity contribution in [3.63, 3.8) is 0 Å². The van der Waals surface area contributed by atoms with E-state index in [0.717, 1.165) is 47.2 Å². The number of anilines is 1. The van der Waals surface area contributed by atoms with Crippen LogP contribution >= 0.6 is 47.1 Å². The molecule has 0 spiro atoms. The summed E-state index contributed by atoms with van der Waals surface area (Å²) in [6.45, 7) is 3.94. The van der Waals surface area contributed by atoms with Gasteiger partial charge in [-0.05, 0) is 25.4 Å². The van der Waals surface area contributed by atoms with Crippen LogP contribution in [0, 0.1) is 6.92 Å². The minimum Gasteiger partial charge on any atom is -0.356 e. The standard InChI is InChI=1S/C16H28N8S2.HI/c1-12-21-22-14(24(12)4)10-19-15(17-7-6-8-25-5)18-9-13-11-26-16(20-13)23(2)3;/h11H,6-10H2,1-5H3,(H2,17,18,19);1H. The van der Waals surface area contributed by atoms with Crippen molar-refractivity contribution in [2.75, 3.05) is 37.5 Å². The highest BCUT2D eigenvalue weighted by Gasteiger charge is 2.07. The third kappa shape index (κ3) is 7.82. The van der Waals surface area contributed by atoms with Crippen LogP contribution in [0.5, 0.6) is 0 Å². The number of hydrogen-bond acceptors (Lipinski definition) is 7. The summed E-state index contributed by atoms with van der Waals surface area (Å²) < 4.78 is 1.97. The van der Waals surface area contributed by atoms with Gasteiger partial charge in [0, 0.05) is 33.1 Å². The van der Waals surface area contributed by atoms with Gasteiger partial charge in [-0.2, -0.15) is 11.8 Å². The predicted molar refractivity (Wildman–Crippen MR) is 127 cm³/mol. The molecule has 0 aliphatic carbocycles. The number of rotatable bonds is 9. The number of nitrogens with one attached hydrogen (secondary N) is 2. The Bertz CT molecular complexity index is 713. The monoisotopic (exact) mass is 524 g/mol. The molecule has 0 fully saturated rings. The molecule has 8 nitrogen and oxygen atoms in total. The maximum absolute atomic E-state index is 4.67. The van der Waals surface area contributed by atoms with Gasteiger partial charge in [0.2, 0.25) is 0 Å². The molecule has 0 aromatic carbocycles. The van der Waals surface area contributed by atoms with E-state index in [9.17, 15) is 0 Å². The van der Waals surface area contributed by atoms with E-state index in [1.54, 1.807) is 11.3 Å². The molecule has 152 valence electrons. The number of hydrogen-bond donors (Lipinski definition) is 2. The number of aliphatic imine (C=N–C) groups is 1. The minimum absolute atomic E-state index is 0. The van der Waals surface area contributed by atoms with Crippen molar-refractivity contribution in [2.45, 2.75) is 26.4 Å². The molecule has 0 unspecified atom stereocenters. The molecule has 11 heteroatoms. The van der Waals surface area contributed by atoms with Crippen molar-refractivity contribution in [3.05, 3.63) is 22.7 Å². The molecule has 27 heavy (non-hydrogen) atoms. The molecular weight excluding hydrogens is 495 g/mol. The minimum atomic E-state index is 0. The first-order chi connectivity index (χ1) is 12.5. The number of guanidine groups is 1. The molecule has 0 aliphatic heterocycles. The Hall–Kier alpha value is -1.08. The summed E-state index contributed by atoms with van der Waals surface area (Å²) >= 11 is 3.48. The molecule has 2 aromatic heterocycles. The lowest BCUT2D eigenvalue weighted by atomic mass is 10.4. The molecule has 2 N–H and O–H groups in total. The Labute approximate surface area is 186 Å². The number of aryl methyl sites for hydroxylation is 1. The SMILES string of the molecule is CSCCCNC(=NCc1csc(N(C)C)n1)NCc1nnc(C)n1C.I. The number of thiazole rings is 1. The van der Waals surface area contributed by atoms with Gasteiger partial charge < -0.3 is 20.1 Å². The molecular formula is C16H29IN8S2. The van der Waals surface area contributed by atoms with Crippen LogP contribution in [0.25, 0.3) is 0 Å². The highest BCUT2D eigenvalue weighted by Crippen LogP contribution is 2.18. The van der Waals surface area contributed by atoms with Crippen molar-refractivity contribution in [2.24, 2.45) is 12.0 Å². The largest absolute Gasteiger partial charge is 0.356 e. The van der Waals surface area contributed by atoms with E-state index in [0.29, 0.717) is 13.1 Å². The molecule has 0 bridgehead atoms. The summed E-state index contributed by atoms with van der Waals surface area (Å²) in [6.07, 6.45) is 3.21. The fourth-order valence-electron chi connectivity index (χ4n) is 2.10. The highest BCUT2D eigenvalue weighted by atomic mass is 127. The van der Waals surface area contributed by atoms with Crippen LogP contribution in [0.15, 0.2) is 10.4 Å². The van der Waals surface area contributed by atoms with E-state index in [4.69, 9.17) is 0 Å². The van der Waals surface area contributed by atoms with Crippen molar-refractivity contribution in [1.82, 2.24) is 30.4 Å². The first kappa shape index (κ1) is 24.0. The lowest BCUT2D eigenvalue weighted by Gasteiger charge is -2.12. The number of thioether (sulfide) groups is 1. The van der Waals surface area contributed by atoms with E-state index in [2.05, 4.69) is 42.4 Å². The van der Waals surface area contributed by atoms with E-state index in [1.165, 1.54) is 0 Å². The Morgan fingerprint density at radius 3 is 2.70 bits per heavy atom. The van der Waals surface area contributed by atoms with Gasteiger partial charge in [0.15, 0.2) is 16.9 Å². The Balaban J connectivity index is 0.00000364. The zero-order valence-corrected chi connectivity index (χ0v) is 20.5. The highest BCUT2D eigenvalue weighted by molar-refractivity contribution is 14.0. The zero-order chi connectivity index (χ0) is 18.9. The summed E-state index contributed by atoms with van der Waals surface area (Å²) in [6, 6.07) is 0. The van der Waals surface area contributed by atoms with Gasteiger partial charge in [0.25, 0.3) is 0 Å². The van der Waals surface area contributed by atoms with Crippen LogP contribution < -0.4 is 15.5 Å². The van der Waals surface area contributed by atoms with Crippen LogP contribution in [0.2, 0.25) is 0 Å². The molecule has 0 aliphatic rings. The van der Waals surface area contributed by atoms with Crippen LogP contribution in [0.1, 0.15) is 23.8 Å². The number of halogens is 1. The van der Waals surface area contributed by atoms with Crippen molar-refractivity contribution < 1.29 is 0 Å². The third-order valence-corrected chi connectivity index (χ3v) is 5.49. The van der Waals surface area contributed by atoms with Gasteiger partial charge in [-0.3, -0.25) is 0 Å². The van der Waals surface area contributed by atoms with Gasteiger partial charge in [-0.15, -0.1) is 45.5 Å². The Kier molecular flexibility index (Phi) is 11.0. The van der Waals surface area contributed by atoms with E-state index in [1.807, 2.05) is 49.3 Å². The summed E-state index contributed by atoms with van der Waals surface area (Å²) in [5.74, 6) is 3.67. The molecule has 0 radical (unpaired) electrons. The first-order valence-corrected chi connectivity index (χ1v) is 10.8. The van der Waals surface area contributed by atoms with Gasteiger partial charge in [-0.25, -0.2) is 9.98 Å². The molecule has 2 heterocycles. The van der Waals surface area contributed by atoms with Crippen LogP contribution in [-0.4, -0.2) is 58.4 Å². The average molecular weight is 525 g/mol. The summed E-state index contributed by atoms with van der Waals surface area (Å²) in [5, 5.41) is 18.0. The number of nitrogens with zero attached hydrogens (tertiary/aromatic N) is 6. The molecule has 0 amide bonds. The molecule has 2 aromatic rings. The normalized spacial score (nSPS) is 11.2. The zero-order valence-electron chi connectivity index (χ0n) is 16.5. The lowest BCUT2D eigenvalue weighted by Crippen LogP contribution is -2.38. The molecule has 2 rings (SSSR count). The second-order valence-corrected chi connectivity index (χ2v) is 7.85. The number of aromatic nitrogens is 4. The lowest BCUT2D eigenvalue weighted by molar-refractivity contribution is 0.710. The van der Waals surface area contributed by atoms with Crippen LogP contribution in [-0.2, 0) is 20.1 Å². The second kappa shape index (κ2) is 12.4. The second-order valence-electron chi connectivity index (χ2n) is 6.03. The smallest absolute Gasteiger partial charge is 0.192 e. The Morgan fingerprint density at radius 1 is 1.33 bits per heavy atom. The summed E-state index contributed by atoms with van der Waals surface area (Å²) in [4.78, 5) is 11.3. The van der Waals surface area contributed by atoms with Gasteiger partial charge in [0.05, 0.1) is 18.8 Å². The van der Waals surface area contributed by atoms with Crippen molar-refractivity contribution in [3.8, 4) is 0 Å². The fourth-order valence-corrected chi connectivity index (χ4v) is 3.28. The van der Waals surface area contributed by atoms with Crippen LogP contribution in [0.3, 0.4) is 0 Å². The summed E-state index contributed by atoms with van der Waals surface area (Å²) in [5.41, 5.74) is 0.971. The topological polar surface area (TPSA) is 83.3 Å². The van der Waals surface area contributed by atoms with E-state index < -0.39 is 0 Å². The van der Waals surface area contributed by atoms with Crippen molar-refractivity contribution >= 4 is 58.2 Å². The average Bonchev–Trinajstić information content (AvgIpc) is 3.22. The maximum atomic E-state index is 4.67. The summed E-state index contributed by atoms with van der Waals surface area (Å²) in [7, 11) is 5.96. The molecule has 0 saturated carbocycles. The van der Waals surface area contributed by atoms with E-state index in [-0.39, 0.29) is 24.0 Å². The Morgan fingerprint density at radius 2 is 2.11 bits per heavy atom. The van der Waals surface area contributed by atoms with Crippen molar-refractivity contribution in [1.29, 1.82) is 0 Å². The van der Waals surface area contributed by atoms with E-state index >= 15 is 0 Å². The first-order valence-electron chi connectivity index (χ1n) is 8.49. The molecule has 0 saturated heterocycles. The third-order valence-electron chi connectivity index (χ3n) is 3.74. The fraction of sp³-hybridized carbons (Fsp3) is 0.625. The predicted octanol–water partition coefficient (Wildman–Crippen LogP) is 2.25. The van der Waals surface area contributed by atoms with Gasteiger partial charge in [0.1, 0.15) is 5.82 Å². The quantitative estimate of drug-likeness (QED) is 0.225. The molecule has 0 atom stereocenters.